The molecule has 5 nitrogen and oxygen atoms in total. The first kappa shape index (κ1) is 17.4. The zero-order chi connectivity index (χ0) is 19.3. The Morgan fingerprint density at radius 1 is 1.29 bits per heavy atom. The van der Waals surface area contributed by atoms with E-state index in [1.54, 1.807) is 0 Å². The summed E-state index contributed by atoms with van der Waals surface area (Å²) in [6.07, 6.45) is 8.44. The maximum Gasteiger partial charge on any atom is 0.273 e. The highest BCUT2D eigenvalue weighted by molar-refractivity contribution is 5.92. The monoisotopic (exact) mass is 386 g/mol. The average molecular weight is 386 g/mol. The minimum absolute atomic E-state index is 0.0952. The maximum atomic E-state index is 13.6. The third kappa shape index (κ3) is 2.89. The van der Waals surface area contributed by atoms with Gasteiger partial charge in [0.2, 0.25) is 0 Å². The lowest BCUT2D eigenvalue weighted by Crippen LogP contribution is -2.31. The van der Waals surface area contributed by atoms with Crippen LogP contribution in [0.25, 0.3) is 0 Å². The molecular formula is C21H20F2N2O3. The molecule has 0 aliphatic heterocycles. The molecule has 1 amide bonds. The van der Waals surface area contributed by atoms with Gasteiger partial charge in [-0.1, -0.05) is 17.3 Å². The fraction of sp³-hybridized carbons (Fsp3) is 0.429. The molecule has 1 heterocycles. The lowest BCUT2D eigenvalue weighted by atomic mass is 9.89. The first-order chi connectivity index (χ1) is 13.5. The number of nitrogens with one attached hydrogen (secondary N) is 1. The quantitative estimate of drug-likeness (QED) is 0.766. The fourth-order valence-corrected chi connectivity index (χ4v) is 4.90. The van der Waals surface area contributed by atoms with Crippen molar-refractivity contribution in [1.82, 2.24) is 10.5 Å². The SMILES string of the molecule is O=C(NC[C@@H]1C[C@@H]2C=C[C@@H]1C21CC1)c1cc(COc2ccc(F)cc2F)on1. The number of ether oxygens (including phenoxy) is 1. The summed E-state index contributed by atoms with van der Waals surface area (Å²) in [7, 11) is 0. The van der Waals surface area contributed by atoms with Crippen molar-refractivity contribution in [1.29, 1.82) is 0 Å². The van der Waals surface area contributed by atoms with Crippen molar-refractivity contribution in [3.63, 3.8) is 0 Å². The lowest BCUT2D eigenvalue weighted by molar-refractivity contribution is 0.0934. The molecule has 5 rings (SSSR count). The Balaban J connectivity index is 1.15. The van der Waals surface area contributed by atoms with E-state index in [0.29, 0.717) is 29.7 Å². The zero-order valence-corrected chi connectivity index (χ0v) is 15.2. The van der Waals surface area contributed by atoms with Crippen LogP contribution in [0.15, 0.2) is 40.9 Å². The number of halogens is 2. The Kier molecular flexibility index (Phi) is 4.00. The van der Waals surface area contributed by atoms with Crippen LogP contribution in [0, 0.1) is 34.8 Å². The van der Waals surface area contributed by atoms with E-state index in [2.05, 4.69) is 22.6 Å². The number of amides is 1. The van der Waals surface area contributed by atoms with Gasteiger partial charge in [-0.15, -0.1) is 0 Å². The maximum absolute atomic E-state index is 13.6. The highest BCUT2D eigenvalue weighted by Gasteiger charge is 2.62. The highest BCUT2D eigenvalue weighted by atomic mass is 19.1. The normalized spacial score (nSPS) is 26.0. The van der Waals surface area contributed by atoms with Gasteiger partial charge in [-0.2, -0.15) is 0 Å². The number of hydrogen-bond acceptors (Lipinski definition) is 4. The second-order valence-electron chi connectivity index (χ2n) is 8.00. The van der Waals surface area contributed by atoms with Crippen molar-refractivity contribution in [2.24, 2.45) is 23.2 Å². The van der Waals surface area contributed by atoms with E-state index in [1.807, 2.05) is 0 Å². The number of hydrogen-bond donors (Lipinski definition) is 1. The molecule has 3 aliphatic rings. The molecule has 146 valence electrons. The van der Waals surface area contributed by atoms with Crippen molar-refractivity contribution in [3.05, 3.63) is 59.5 Å². The van der Waals surface area contributed by atoms with Crippen molar-refractivity contribution >= 4 is 5.91 Å². The van der Waals surface area contributed by atoms with Crippen LogP contribution in [-0.2, 0) is 6.61 Å². The van der Waals surface area contributed by atoms with Gasteiger partial charge in [0, 0.05) is 18.7 Å². The number of benzene rings is 1. The Morgan fingerprint density at radius 2 is 2.14 bits per heavy atom. The molecule has 2 bridgehead atoms. The van der Waals surface area contributed by atoms with Gasteiger partial charge in [-0.05, 0) is 54.6 Å². The van der Waals surface area contributed by atoms with Gasteiger partial charge in [0.15, 0.2) is 23.0 Å². The molecule has 1 aromatic carbocycles. The van der Waals surface area contributed by atoms with Crippen LogP contribution < -0.4 is 10.1 Å². The summed E-state index contributed by atoms with van der Waals surface area (Å²) >= 11 is 0. The number of nitrogens with zero attached hydrogens (tertiary/aromatic N) is 1. The molecule has 7 heteroatoms. The van der Waals surface area contributed by atoms with Crippen molar-refractivity contribution in [2.75, 3.05) is 6.54 Å². The average Bonchev–Trinajstić information content (AvgIpc) is 3.09. The third-order valence-corrected chi connectivity index (χ3v) is 6.43. The summed E-state index contributed by atoms with van der Waals surface area (Å²) in [5.41, 5.74) is 0.668. The molecule has 0 radical (unpaired) electrons. The molecule has 2 fully saturated rings. The van der Waals surface area contributed by atoms with Gasteiger partial charge in [0.1, 0.15) is 12.4 Å². The third-order valence-electron chi connectivity index (χ3n) is 6.43. The molecule has 2 saturated carbocycles. The van der Waals surface area contributed by atoms with Crippen LogP contribution in [0.3, 0.4) is 0 Å². The van der Waals surface area contributed by atoms with Crippen LogP contribution in [0.5, 0.6) is 5.75 Å². The predicted octanol–water partition coefficient (Wildman–Crippen LogP) is 3.86. The number of aromatic nitrogens is 1. The van der Waals surface area contributed by atoms with Crippen LogP contribution in [0.2, 0.25) is 0 Å². The number of rotatable bonds is 6. The molecular weight excluding hydrogens is 366 g/mol. The molecule has 1 spiro atoms. The first-order valence-electron chi connectivity index (χ1n) is 9.55. The Hall–Kier alpha value is -2.70. The summed E-state index contributed by atoms with van der Waals surface area (Å²) < 4.78 is 36.8. The highest BCUT2D eigenvalue weighted by Crippen LogP contribution is 2.69. The minimum Gasteiger partial charge on any atom is -0.482 e. The Morgan fingerprint density at radius 3 is 2.89 bits per heavy atom. The topological polar surface area (TPSA) is 64.4 Å². The van der Waals surface area contributed by atoms with Crippen molar-refractivity contribution < 1.29 is 22.8 Å². The van der Waals surface area contributed by atoms with Crippen molar-refractivity contribution in [2.45, 2.75) is 25.9 Å². The second kappa shape index (κ2) is 6.43. The van der Waals surface area contributed by atoms with Gasteiger partial charge >= 0.3 is 0 Å². The predicted molar refractivity (Wildman–Crippen MR) is 95.4 cm³/mol. The van der Waals surface area contributed by atoms with Crippen molar-refractivity contribution in [3.8, 4) is 5.75 Å². The van der Waals surface area contributed by atoms with Gasteiger partial charge < -0.3 is 14.6 Å². The first-order valence-corrected chi connectivity index (χ1v) is 9.55. The molecule has 3 atom stereocenters. The summed E-state index contributed by atoms with van der Waals surface area (Å²) in [4.78, 5) is 12.4. The van der Waals surface area contributed by atoms with Gasteiger partial charge in [-0.25, -0.2) is 8.78 Å². The molecule has 1 N–H and O–H groups in total. The van der Waals surface area contributed by atoms with Gasteiger partial charge in [0.25, 0.3) is 5.91 Å². The molecule has 28 heavy (non-hydrogen) atoms. The largest absolute Gasteiger partial charge is 0.482 e. The standard InChI is InChI=1S/C21H20F2N2O3/c22-14-2-4-19(17(23)8-14)27-11-15-9-18(25-28-15)20(26)24-10-12-7-13-1-3-16(12)21(13)5-6-21/h1-4,8-9,12-13,16H,5-7,10-11H2,(H,24,26)/t12-,13-,16-/m0/s1. The van der Waals surface area contributed by atoms with E-state index in [4.69, 9.17) is 9.26 Å². The van der Waals surface area contributed by atoms with E-state index in [-0.39, 0.29) is 29.7 Å². The fourth-order valence-electron chi connectivity index (χ4n) is 4.90. The van der Waals surface area contributed by atoms with Crippen LogP contribution in [-0.4, -0.2) is 17.6 Å². The smallest absolute Gasteiger partial charge is 0.273 e. The van der Waals surface area contributed by atoms with Gasteiger partial charge in [0.05, 0.1) is 0 Å². The molecule has 0 unspecified atom stereocenters. The van der Waals surface area contributed by atoms with E-state index in [0.717, 1.165) is 18.6 Å². The van der Waals surface area contributed by atoms with Crippen LogP contribution in [0.1, 0.15) is 35.5 Å². The van der Waals surface area contributed by atoms with Gasteiger partial charge in [-0.3, -0.25) is 4.79 Å². The summed E-state index contributed by atoms with van der Waals surface area (Å²) in [6, 6.07) is 4.52. The Bertz CT molecular complexity index is 951. The van der Waals surface area contributed by atoms with E-state index < -0.39 is 11.6 Å². The molecule has 2 aromatic rings. The zero-order valence-electron chi connectivity index (χ0n) is 15.2. The Labute approximate surface area is 160 Å². The van der Waals surface area contributed by atoms with E-state index >= 15 is 0 Å². The number of carbonyl (C=O) groups is 1. The van der Waals surface area contributed by atoms with Crippen LogP contribution >= 0.6 is 0 Å². The minimum atomic E-state index is -0.800. The summed E-state index contributed by atoms with van der Waals surface area (Å²) in [6.45, 7) is 0.522. The van der Waals surface area contributed by atoms with E-state index in [1.165, 1.54) is 25.0 Å². The molecule has 1 aromatic heterocycles. The summed E-state index contributed by atoms with van der Waals surface area (Å²) in [5.74, 6) is 0.174. The molecule has 0 saturated heterocycles. The molecule has 3 aliphatic carbocycles. The summed E-state index contributed by atoms with van der Waals surface area (Å²) in [5, 5.41) is 6.72. The second-order valence-corrected chi connectivity index (χ2v) is 8.00. The van der Waals surface area contributed by atoms with Crippen LogP contribution in [0.4, 0.5) is 8.78 Å². The lowest BCUT2D eigenvalue weighted by Gasteiger charge is -2.19. The van der Waals surface area contributed by atoms with E-state index in [9.17, 15) is 13.6 Å². The number of allylic oxidation sites excluding steroid dienone is 2. The number of carbonyl (C=O) groups excluding carboxylic acids is 1.